The highest BCUT2D eigenvalue weighted by Gasteiger charge is 2.01. The Labute approximate surface area is 79.5 Å². The van der Waals surface area contributed by atoms with E-state index in [0.29, 0.717) is 6.04 Å². The molecule has 0 radical (unpaired) electrons. The lowest BCUT2D eigenvalue weighted by Gasteiger charge is -2.09. The molecule has 1 unspecified atom stereocenters. The minimum atomic E-state index is 0.335. The van der Waals surface area contributed by atoms with Gasteiger partial charge in [0.25, 0.3) is 0 Å². The minimum Gasteiger partial charge on any atom is -0.334 e. The number of imidazole rings is 1. The Morgan fingerprint density at radius 1 is 1.77 bits per heavy atom. The third-order valence-corrected chi connectivity index (χ3v) is 2.08. The summed E-state index contributed by atoms with van der Waals surface area (Å²) >= 11 is 0. The van der Waals surface area contributed by atoms with Gasteiger partial charge in [0, 0.05) is 25.0 Å². The second-order valence-electron chi connectivity index (χ2n) is 3.03. The SMILES string of the molecule is C=CC(C)NCc1nccn1CC. The smallest absolute Gasteiger partial charge is 0.122 e. The summed E-state index contributed by atoms with van der Waals surface area (Å²) in [5, 5.41) is 3.31. The Kier molecular flexibility index (Phi) is 3.71. The molecule has 1 heterocycles. The van der Waals surface area contributed by atoms with Crippen LogP contribution < -0.4 is 5.32 Å². The van der Waals surface area contributed by atoms with Crippen molar-refractivity contribution in [3.8, 4) is 0 Å². The lowest BCUT2D eigenvalue weighted by Crippen LogP contribution is -2.24. The van der Waals surface area contributed by atoms with Gasteiger partial charge in [-0.1, -0.05) is 6.08 Å². The molecular weight excluding hydrogens is 162 g/mol. The summed E-state index contributed by atoms with van der Waals surface area (Å²) in [6.07, 6.45) is 5.72. The highest BCUT2D eigenvalue weighted by Crippen LogP contribution is 1.97. The van der Waals surface area contributed by atoms with Crippen molar-refractivity contribution in [3.05, 3.63) is 30.9 Å². The fourth-order valence-electron chi connectivity index (χ4n) is 1.13. The molecule has 1 atom stereocenters. The molecule has 0 bridgehead atoms. The second-order valence-corrected chi connectivity index (χ2v) is 3.03. The van der Waals surface area contributed by atoms with E-state index in [0.717, 1.165) is 18.9 Å². The van der Waals surface area contributed by atoms with Crippen LogP contribution in [0.5, 0.6) is 0 Å². The third-order valence-electron chi connectivity index (χ3n) is 2.08. The van der Waals surface area contributed by atoms with E-state index < -0.39 is 0 Å². The number of nitrogens with one attached hydrogen (secondary N) is 1. The van der Waals surface area contributed by atoms with Crippen LogP contribution in [0.2, 0.25) is 0 Å². The van der Waals surface area contributed by atoms with Crippen molar-refractivity contribution < 1.29 is 0 Å². The van der Waals surface area contributed by atoms with E-state index in [4.69, 9.17) is 0 Å². The Morgan fingerprint density at radius 3 is 3.15 bits per heavy atom. The molecule has 1 N–H and O–H groups in total. The average Bonchev–Trinajstić information content (AvgIpc) is 2.61. The molecule has 0 aliphatic rings. The van der Waals surface area contributed by atoms with Gasteiger partial charge in [0.15, 0.2) is 0 Å². The number of aromatic nitrogens is 2. The molecule has 0 amide bonds. The zero-order chi connectivity index (χ0) is 9.68. The van der Waals surface area contributed by atoms with Crippen molar-refractivity contribution in [1.29, 1.82) is 0 Å². The molecule has 3 heteroatoms. The average molecular weight is 179 g/mol. The Balaban J connectivity index is 2.48. The Hall–Kier alpha value is -1.09. The molecule has 1 aromatic heterocycles. The van der Waals surface area contributed by atoms with Crippen LogP contribution in [0.1, 0.15) is 19.7 Å². The van der Waals surface area contributed by atoms with Gasteiger partial charge in [-0.15, -0.1) is 6.58 Å². The highest BCUT2D eigenvalue weighted by molar-refractivity contribution is 4.93. The first-order valence-electron chi connectivity index (χ1n) is 4.63. The summed E-state index contributed by atoms with van der Waals surface area (Å²) < 4.78 is 2.13. The largest absolute Gasteiger partial charge is 0.334 e. The van der Waals surface area contributed by atoms with Crippen molar-refractivity contribution in [3.63, 3.8) is 0 Å². The summed E-state index contributed by atoms with van der Waals surface area (Å²) in [7, 11) is 0. The van der Waals surface area contributed by atoms with E-state index in [9.17, 15) is 0 Å². The predicted molar refractivity (Wildman–Crippen MR) is 54.4 cm³/mol. The van der Waals surface area contributed by atoms with Crippen LogP contribution in [0.25, 0.3) is 0 Å². The van der Waals surface area contributed by atoms with Crippen LogP contribution in [0.15, 0.2) is 25.0 Å². The van der Waals surface area contributed by atoms with Crippen LogP contribution in [0.4, 0.5) is 0 Å². The van der Waals surface area contributed by atoms with Gasteiger partial charge in [-0.3, -0.25) is 0 Å². The molecule has 3 nitrogen and oxygen atoms in total. The summed E-state index contributed by atoms with van der Waals surface area (Å²) in [6.45, 7) is 9.67. The second kappa shape index (κ2) is 4.82. The van der Waals surface area contributed by atoms with Crippen molar-refractivity contribution in [2.24, 2.45) is 0 Å². The van der Waals surface area contributed by atoms with Gasteiger partial charge < -0.3 is 9.88 Å². The Bertz CT molecular complexity index is 265. The number of nitrogens with zero attached hydrogens (tertiary/aromatic N) is 2. The molecule has 0 fully saturated rings. The van der Waals surface area contributed by atoms with E-state index in [1.807, 2.05) is 18.5 Å². The first kappa shape index (κ1) is 9.99. The maximum absolute atomic E-state index is 4.26. The first-order chi connectivity index (χ1) is 6.27. The molecule has 0 saturated heterocycles. The van der Waals surface area contributed by atoms with E-state index >= 15 is 0 Å². The summed E-state index contributed by atoms with van der Waals surface area (Å²) in [4.78, 5) is 4.26. The van der Waals surface area contributed by atoms with Gasteiger partial charge in [0.2, 0.25) is 0 Å². The van der Waals surface area contributed by atoms with Crippen molar-refractivity contribution >= 4 is 0 Å². The van der Waals surface area contributed by atoms with Gasteiger partial charge in [0.05, 0.1) is 6.54 Å². The van der Waals surface area contributed by atoms with Crippen LogP contribution in [-0.2, 0) is 13.1 Å². The van der Waals surface area contributed by atoms with Crippen molar-refractivity contribution in [2.45, 2.75) is 33.0 Å². The van der Waals surface area contributed by atoms with Crippen molar-refractivity contribution in [1.82, 2.24) is 14.9 Å². The van der Waals surface area contributed by atoms with E-state index in [1.54, 1.807) is 0 Å². The summed E-state index contributed by atoms with van der Waals surface area (Å²) in [5.41, 5.74) is 0. The normalized spacial score (nSPS) is 12.8. The molecule has 0 aliphatic carbocycles. The molecule has 0 aromatic carbocycles. The highest BCUT2D eigenvalue weighted by atomic mass is 15.1. The Morgan fingerprint density at radius 2 is 2.54 bits per heavy atom. The zero-order valence-electron chi connectivity index (χ0n) is 8.33. The van der Waals surface area contributed by atoms with Crippen LogP contribution in [0, 0.1) is 0 Å². The molecule has 0 saturated carbocycles. The van der Waals surface area contributed by atoms with Gasteiger partial charge in [-0.2, -0.15) is 0 Å². The standard InChI is InChI=1S/C10H17N3/c1-4-9(3)12-8-10-11-6-7-13(10)5-2/h4,6-7,9,12H,1,5,8H2,2-3H3. The van der Waals surface area contributed by atoms with Crippen LogP contribution >= 0.6 is 0 Å². The number of hydrogen-bond donors (Lipinski definition) is 1. The van der Waals surface area contributed by atoms with Gasteiger partial charge >= 0.3 is 0 Å². The minimum absolute atomic E-state index is 0.335. The molecule has 0 spiro atoms. The summed E-state index contributed by atoms with van der Waals surface area (Å²) in [5.74, 6) is 1.08. The zero-order valence-corrected chi connectivity index (χ0v) is 8.33. The maximum Gasteiger partial charge on any atom is 0.122 e. The monoisotopic (exact) mass is 179 g/mol. The van der Waals surface area contributed by atoms with Crippen LogP contribution in [0.3, 0.4) is 0 Å². The van der Waals surface area contributed by atoms with E-state index in [1.165, 1.54) is 0 Å². The maximum atomic E-state index is 4.26. The third kappa shape index (κ3) is 2.70. The number of aryl methyl sites for hydroxylation is 1. The molecule has 13 heavy (non-hydrogen) atoms. The van der Waals surface area contributed by atoms with E-state index in [-0.39, 0.29) is 0 Å². The molecule has 0 aliphatic heterocycles. The molecule has 1 aromatic rings. The molecule has 1 rings (SSSR count). The quantitative estimate of drug-likeness (QED) is 0.695. The fraction of sp³-hybridized carbons (Fsp3) is 0.500. The lowest BCUT2D eigenvalue weighted by molar-refractivity contribution is 0.581. The van der Waals surface area contributed by atoms with E-state index in [2.05, 4.69) is 35.3 Å². The van der Waals surface area contributed by atoms with Gasteiger partial charge in [-0.25, -0.2) is 4.98 Å². The topological polar surface area (TPSA) is 29.9 Å². The molecule has 72 valence electrons. The lowest BCUT2D eigenvalue weighted by atomic mass is 10.3. The van der Waals surface area contributed by atoms with Crippen molar-refractivity contribution in [2.75, 3.05) is 0 Å². The number of rotatable bonds is 5. The fourth-order valence-corrected chi connectivity index (χ4v) is 1.13. The number of hydrogen-bond acceptors (Lipinski definition) is 2. The molecular formula is C10H17N3. The summed E-state index contributed by atoms with van der Waals surface area (Å²) in [6, 6.07) is 0.335. The van der Waals surface area contributed by atoms with Crippen LogP contribution in [-0.4, -0.2) is 15.6 Å². The predicted octanol–water partition coefficient (Wildman–Crippen LogP) is 1.57. The van der Waals surface area contributed by atoms with Gasteiger partial charge in [0.1, 0.15) is 5.82 Å². The van der Waals surface area contributed by atoms with Gasteiger partial charge in [-0.05, 0) is 13.8 Å². The first-order valence-corrected chi connectivity index (χ1v) is 4.63.